The van der Waals surface area contributed by atoms with Gasteiger partial charge in [0.1, 0.15) is 0 Å². The number of carbonyl (C=O) groups is 1. The van der Waals surface area contributed by atoms with Crippen molar-refractivity contribution in [2.75, 3.05) is 12.8 Å². The predicted molar refractivity (Wildman–Crippen MR) is 99.6 cm³/mol. The van der Waals surface area contributed by atoms with Crippen molar-refractivity contribution >= 4 is 18.1 Å². The van der Waals surface area contributed by atoms with E-state index in [0.717, 1.165) is 36.9 Å². The molecule has 26 heavy (non-hydrogen) atoms. The lowest BCUT2D eigenvalue weighted by atomic mass is 9.89. The van der Waals surface area contributed by atoms with E-state index in [0.29, 0.717) is 17.4 Å². The summed E-state index contributed by atoms with van der Waals surface area (Å²) in [5.74, 6) is 1.06. The van der Waals surface area contributed by atoms with E-state index in [9.17, 15) is 4.79 Å². The van der Waals surface area contributed by atoms with Gasteiger partial charge in [0.2, 0.25) is 5.95 Å². The molecule has 0 spiro atoms. The molecule has 7 nitrogen and oxygen atoms in total. The summed E-state index contributed by atoms with van der Waals surface area (Å²) in [5, 5.41) is 4.28. The number of ether oxygens (including phenoxy) is 2. The lowest BCUT2D eigenvalue weighted by Crippen LogP contribution is -2.22. The van der Waals surface area contributed by atoms with Gasteiger partial charge in [-0.15, -0.1) is 0 Å². The largest absolute Gasteiger partial charge is 0.493 e. The summed E-state index contributed by atoms with van der Waals surface area (Å²) in [5.41, 5.74) is 7.36. The summed E-state index contributed by atoms with van der Waals surface area (Å²) < 4.78 is 12.4. The molecule has 1 heterocycles. The number of methoxy groups -OCH3 is 1. The summed E-state index contributed by atoms with van der Waals surface area (Å²) >= 11 is 0. The van der Waals surface area contributed by atoms with Crippen molar-refractivity contribution in [3.05, 3.63) is 35.7 Å². The summed E-state index contributed by atoms with van der Waals surface area (Å²) in [4.78, 5) is 16.4. The highest BCUT2D eigenvalue weighted by Crippen LogP contribution is 2.31. The molecule has 7 heteroatoms. The number of hydrogen-bond acceptors (Lipinski definition) is 6. The topological polar surface area (TPSA) is 91.7 Å². The maximum absolute atomic E-state index is 12.3. The first-order valence-electron chi connectivity index (χ1n) is 8.82. The van der Waals surface area contributed by atoms with E-state index in [2.05, 4.69) is 10.1 Å². The number of nitrogen functional groups attached to an aromatic ring is 1. The monoisotopic (exact) mass is 356 g/mol. The summed E-state index contributed by atoms with van der Waals surface area (Å²) in [6.07, 6.45) is 8.56. The van der Waals surface area contributed by atoms with E-state index in [-0.39, 0.29) is 11.9 Å². The Hall–Kier alpha value is -2.83. The molecule has 1 aromatic heterocycles. The predicted octanol–water partition coefficient (Wildman–Crippen LogP) is 3.15. The smallest absolute Gasteiger partial charge is 0.314 e. The second-order valence-corrected chi connectivity index (χ2v) is 6.50. The maximum Gasteiger partial charge on any atom is 0.314 e. The van der Waals surface area contributed by atoms with Crippen molar-refractivity contribution in [3.8, 4) is 11.5 Å². The van der Waals surface area contributed by atoms with Gasteiger partial charge in [-0.3, -0.25) is 4.79 Å². The Morgan fingerprint density at radius 2 is 2.08 bits per heavy atom. The first kappa shape index (κ1) is 18.0. The molecule has 1 aliphatic rings. The Bertz CT molecular complexity index is 807. The SMILES string of the molecule is COc1cc(C=Nn2cc(C)nc2N)ccc1OC(=O)C1CCCCC1. The molecular formula is C19H24N4O3. The molecule has 0 amide bonds. The van der Waals surface area contributed by atoms with Crippen LogP contribution in [0.2, 0.25) is 0 Å². The molecule has 0 atom stereocenters. The Morgan fingerprint density at radius 3 is 2.73 bits per heavy atom. The van der Waals surface area contributed by atoms with Crippen molar-refractivity contribution in [3.63, 3.8) is 0 Å². The lowest BCUT2D eigenvalue weighted by molar-refractivity contribution is -0.140. The van der Waals surface area contributed by atoms with E-state index < -0.39 is 0 Å². The van der Waals surface area contributed by atoms with Crippen LogP contribution in [0.3, 0.4) is 0 Å². The fourth-order valence-corrected chi connectivity index (χ4v) is 3.10. The Balaban J connectivity index is 1.72. The number of nitrogens with zero attached hydrogens (tertiary/aromatic N) is 3. The van der Waals surface area contributed by atoms with E-state index in [4.69, 9.17) is 15.2 Å². The molecule has 0 aliphatic heterocycles. The van der Waals surface area contributed by atoms with Gasteiger partial charge in [-0.2, -0.15) is 5.10 Å². The fraction of sp³-hybridized carbons (Fsp3) is 0.421. The van der Waals surface area contributed by atoms with Crippen LogP contribution < -0.4 is 15.2 Å². The average Bonchev–Trinajstić information content (AvgIpc) is 2.98. The number of esters is 1. The molecule has 3 rings (SSSR count). The molecule has 1 aromatic carbocycles. The molecule has 0 unspecified atom stereocenters. The first-order chi connectivity index (χ1) is 12.6. The first-order valence-corrected chi connectivity index (χ1v) is 8.82. The number of anilines is 1. The molecule has 138 valence electrons. The highest BCUT2D eigenvalue weighted by molar-refractivity contribution is 5.82. The highest BCUT2D eigenvalue weighted by Gasteiger charge is 2.24. The normalized spacial score (nSPS) is 15.3. The van der Waals surface area contributed by atoms with Crippen LogP contribution in [0.1, 0.15) is 43.4 Å². The molecule has 2 aromatic rings. The Kier molecular flexibility index (Phi) is 5.55. The molecule has 0 radical (unpaired) electrons. The minimum atomic E-state index is -0.175. The van der Waals surface area contributed by atoms with Crippen molar-refractivity contribution in [2.45, 2.75) is 39.0 Å². The maximum atomic E-state index is 12.3. The number of nitrogens with two attached hydrogens (primary N) is 1. The van der Waals surface area contributed by atoms with Gasteiger partial charge in [-0.25, -0.2) is 9.66 Å². The molecule has 0 bridgehead atoms. The van der Waals surface area contributed by atoms with Crippen LogP contribution in [0.4, 0.5) is 5.95 Å². The molecule has 1 saturated carbocycles. The van der Waals surface area contributed by atoms with Crippen LogP contribution in [0.5, 0.6) is 11.5 Å². The van der Waals surface area contributed by atoms with Crippen LogP contribution in [-0.2, 0) is 4.79 Å². The van der Waals surface area contributed by atoms with Crippen molar-refractivity contribution in [1.82, 2.24) is 9.66 Å². The van der Waals surface area contributed by atoms with E-state index in [1.54, 1.807) is 31.7 Å². The molecule has 2 N–H and O–H groups in total. The fourth-order valence-electron chi connectivity index (χ4n) is 3.10. The minimum absolute atomic E-state index is 0.0119. The molecule has 1 aliphatic carbocycles. The Morgan fingerprint density at radius 1 is 1.31 bits per heavy atom. The second-order valence-electron chi connectivity index (χ2n) is 6.50. The van der Waals surface area contributed by atoms with Crippen LogP contribution >= 0.6 is 0 Å². The van der Waals surface area contributed by atoms with Crippen LogP contribution in [0.25, 0.3) is 0 Å². The van der Waals surface area contributed by atoms with Gasteiger partial charge < -0.3 is 15.2 Å². The number of imidazole rings is 1. The third-order valence-corrected chi connectivity index (χ3v) is 4.50. The van der Waals surface area contributed by atoms with Crippen LogP contribution in [0, 0.1) is 12.8 Å². The van der Waals surface area contributed by atoms with Gasteiger partial charge in [-0.1, -0.05) is 19.3 Å². The summed E-state index contributed by atoms with van der Waals surface area (Å²) in [6.45, 7) is 1.85. The van der Waals surface area contributed by atoms with E-state index >= 15 is 0 Å². The zero-order valence-corrected chi connectivity index (χ0v) is 15.1. The average molecular weight is 356 g/mol. The van der Waals surface area contributed by atoms with E-state index in [1.807, 2.05) is 13.0 Å². The van der Waals surface area contributed by atoms with Gasteiger partial charge in [0.05, 0.1) is 31.1 Å². The quantitative estimate of drug-likeness (QED) is 0.505. The van der Waals surface area contributed by atoms with E-state index in [1.165, 1.54) is 11.1 Å². The van der Waals surface area contributed by atoms with Crippen molar-refractivity contribution < 1.29 is 14.3 Å². The third-order valence-electron chi connectivity index (χ3n) is 4.50. The zero-order valence-electron chi connectivity index (χ0n) is 15.1. The van der Waals surface area contributed by atoms with Gasteiger partial charge in [0, 0.05) is 0 Å². The van der Waals surface area contributed by atoms with Gasteiger partial charge in [0.25, 0.3) is 0 Å². The Labute approximate surface area is 152 Å². The second kappa shape index (κ2) is 8.03. The summed E-state index contributed by atoms with van der Waals surface area (Å²) in [6, 6.07) is 5.31. The lowest BCUT2D eigenvalue weighted by Gasteiger charge is -2.20. The molecule has 0 saturated heterocycles. The number of benzene rings is 1. The third kappa shape index (κ3) is 4.22. The van der Waals surface area contributed by atoms with Gasteiger partial charge in [-0.05, 0) is 43.5 Å². The van der Waals surface area contributed by atoms with Gasteiger partial charge in [0.15, 0.2) is 11.5 Å². The minimum Gasteiger partial charge on any atom is -0.493 e. The number of rotatable bonds is 5. The highest BCUT2D eigenvalue weighted by atomic mass is 16.6. The number of aromatic nitrogens is 2. The number of carbonyl (C=O) groups excluding carboxylic acids is 1. The summed E-state index contributed by atoms with van der Waals surface area (Å²) in [7, 11) is 1.55. The standard InChI is InChI=1S/C19H24N4O3/c1-13-12-23(19(20)22-13)21-11-14-8-9-16(17(10-14)25-2)26-18(24)15-6-4-3-5-7-15/h8-12,15H,3-7H2,1-2H3,(H2,20,22). The van der Waals surface area contributed by atoms with Crippen molar-refractivity contribution in [1.29, 1.82) is 0 Å². The zero-order chi connectivity index (χ0) is 18.5. The van der Waals surface area contributed by atoms with Crippen LogP contribution in [0.15, 0.2) is 29.5 Å². The van der Waals surface area contributed by atoms with Crippen LogP contribution in [-0.4, -0.2) is 29.0 Å². The molecular weight excluding hydrogens is 332 g/mol. The molecule has 1 fully saturated rings. The van der Waals surface area contributed by atoms with Gasteiger partial charge >= 0.3 is 5.97 Å². The number of hydrogen-bond donors (Lipinski definition) is 1. The number of aryl methyl sites for hydroxylation is 1. The van der Waals surface area contributed by atoms with Crippen molar-refractivity contribution in [2.24, 2.45) is 11.0 Å².